The number of hydrogen-bond acceptors (Lipinski definition) is 3. The summed E-state index contributed by atoms with van der Waals surface area (Å²) in [5.74, 6) is 0.266. The van der Waals surface area contributed by atoms with Crippen molar-refractivity contribution in [2.75, 3.05) is 6.54 Å². The van der Waals surface area contributed by atoms with Gasteiger partial charge in [-0.05, 0) is 31.2 Å². The molecule has 4 heteroatoms. The Bertz CT molecular complexity index is 355. The fraction of sp³-hybridized carbons (Fsp3) is 0.583. The van der Waals surface area contributed by atoms with Gasteiger partial charge in [0.1, 0.15) is 5.60 Å². The van der Waals surface area contributed by atoms with Crippen molar-refractivity contribution in [3.63, 3.8) is 0 Å². The lowest BCUT2D eigenvalue weighted by Crippen LogP contribution is -2.42. The molecule has 1 amide bonds. The lowest BCUT2D eigenvalue weighted by molar-refractivity contribution is -0.128. The first kappa shape index (κ1) is 11.6. The molecule has 2 rings (SSSR count). The number of carbonyl (C=O) groups excluding carboxylic acids is 1. The molecule has 1 unspecified atom stereocenters. The minimum Gasteiger partial charge on any atom is -0.383 e. The summed E-state index contributed by atoms with van der Waals surface area (Å²) < 4.78 is 0. The monoisotopic (exact) mass is 239 g/mol. The van der Waals surface area contributed by atoms with Crippen molar-refractivity contribution in [3.05, 3.63) is 22.4 Å². The molecule has 1 atom stereocenters. The summed E-state index contributed by atoms with van der Waals surface area (Å²) in [5, 5.41) is 15.0. The molecule has 1 saturated carbocycles. The van der Waals surface area contributed by atoms with E-state index in [1.165, 1.54) is 11.3 Å². The number of aliphatic hydroxyl groups is 1. The van der Waals surface area contributed by atoms with Crippen LogP contribution in [0.5, 0.6) is 0 Å². The number of rotatable bonds is 4. The molecule has 2 N–H and O–H groups in total. The second kappa shape index (κ2) is 4.55. The summed E-state index contributed by atoms with van der Waals surface area (Å²) in [6.07, 6.45) is 3.14. The van der Waals surface area contributed by atoms with Crippen LogP contribution in [0.1, 0.15) is 31.1 Å². The Morgan fingerprint density at radius 2 is 2.44 bits per heavy atom. The molecule has 0 spiro atoms. The van der Waals surface area contributed by atoms with E-state index in [0.29, 0.717) is 6.54 Å². The zero-order valence-electron chi connectivity index (χ0n) is 9.40. The molecule has 16 heavy (non-hydrogen) atoms. The third-order valence-corrected chi connectivity index (χ3v) is 4.26. The second-order valence-corrected chi connectivity index (χ2v) is 5.54. The Balaban J connectivity index is 1.86. The van der Waals surface area contributed by atoms with Gasteiger partial charge in [-0.2, -0.15) is 0 Å². The number of carbonyl (C=O) groups is 1. The van der Waals surface area contributed by atoms with Crippen molar-refractivity contribution in [2.24, 2.45) is 5.92 Å². The van der Waals surface area contributed by atoms with Crippen LogP contribution in [0.3, 0.4) is 0 Å². The summed E-state index contributed by atoms with van der Waals surface area (Å²) >= 11 is 1.51. The lowest BCUT2D eigenvalue weighted by Gasteiger charge is -2.27. The molecular formula is C12H17NO2S. The highest BCUT2D eigenvalue weighted by atomic mass is 32.1. The maximum Gasteiger partial charge on any atom is 0.223 e. The van der Waals surface area contributed by atoms with Gasteiger partial charge >= 0.3 is 0 Å². The van der Waals surface area contributed by atoms with Crippen LogP contribution in [0.2, 0.25) is 0 Å². The molecule has 0 radical (unpaired) electrons. The molecule has 88 valence electrons. The molecule has 1 fully saturated rings. The SMILES string of the molecule is CC(O)(CNC(=O)C1CCC1)c1cccs1. The van der Waals surface area contributed by atoms with E-state index in [2.05, 4.69) is 5.32 Å². The van der Waals surface area contributed by atoms with Crippen molar-refractivity contribution in [1.29, 1.82) is 0 Å². The molecule has 0 bridgehead atoms. The second-order valence-electron chi connectivity index (χ2n) is 4.60. The predicted molar refractivity (Wildman–Crippen MR) is 64.2 cm³/mol. The van der Waals surface area contributed by atoms with Crippen LogP contribution in [0.25, 0.3) is 0 Å². The highest BCUT2D eigenvalue weighted by Crippen LogP contribution is 2.27. The normalized spacial score (nSPS) is 19.9. The maximum atomic E-state index is 11.6. The molecule has 1 aliphatic rings. The van der Waals surface area contributed by atoms with E-state index in [0.717, 1.165) is 24.1 Å². The molecular weight excluding hydrogens is 222 g/mol. The predicted octanol–water partition coefficient (Wildman–Crippen LogP) is 1.87. The molecule has 0 aliphatic heterocycles. The zero-order valence-corrected chi connectivity index (χ0v) is 10.2. The number of hydrogen-bond donors (Lipinski definition) is 2. The standard InChI is InChI=1S/C12H17NO2S/c1-12(15,10-6-3-7-16-10)8-13-11(14)9-4-2-5-9/h3,6-7,9,15H,2,4-5,8H2,1H3,(H,13,14). The smallest absolute Gasteiger partial charge is 0.223 e. The Hall–Kier alpha value is -0.870. The molecule has 1 aromatic heterocycles. The highest BCUT2D eigenvalue weighted by Gasteiger charge is 2.29. The van der Waals surface area contributed by atoms with Gasteiger partial charge in [0.2, 0.25) is 5.91 Å². The quantitative estimate of drug-likeness (QED) is 0.842. The van der Waals surface area contributed by atoms with E-state index in [-0.39, 0.29) is 11.8 Å². The highest BCUT2D eigenvalue weighted by molar-refractivity contribution is 7.10. The first-order chi connectivity index (χ1) is 7.59. The third-order valence-electron chi connectivity index (χ3n) is 3.13. The van der Waals surface area contributed by atoms with Crippen molar-refractivity contribution in [2.45, 2.75) is 31.8 Å². The van der Waals surface area contributed by atoms with Crippen LogP contribution in [-0.4, -0.2) is 17.6 Å². The van der Waals surface area contributed by atoms with Crippen LogP contribution in [0.15, 0.2) is 17.5 Å². The summed E-state index contributed by atoms with van der Waals surface area (Å²) in [5.41, 5.74) is -0.951. The first-order valence-corrected chi connectivity index (χ1v) is 6.51. The summed E-state index contributed by atoms with van der Waals surface area (Å²) in [6.45, 7) is 2.03. The Kier molecular flexibility index (Phi) is 3.30. The van der Waals surface area contributed by atoms with E-state index in [9.17, 15) is 9.90 Å². The number of nitrogens with one attached hydrogen (secondary N) is 1. The van der Waals surface area contributed by atoms with Gasteiger partial charge in [-0.15, -0.1) is 11.3 Å². The fourth-order valence-electron chi connectivity index (χ4n) is 1.75. The van der Waals surface area contributed by atoms with Gasteiger partial charge in [-0.1, -0.05) is 12.5 Å². The van der Waals surface area contributed by atoms with E-state index in [1.54, 1.807) is 6.92 Å². The van der Waals surface area contributed by atoms with Crippen molar-refractivity contribution >= 4 is 17.2 Å². The molecule has 1 heterocycles. The summed E-state index contributed by atoms with van der Waals surface area (Å²) in [6, 6.07) is 3.79. The zero-order chi connectivity index (χ0) is 11.6. The number of thiophene rings is 1. The Morgan fingerprint density at radius 1 is 1.69 bits per heavy atom. The Morgan fingerprint density at radius 3 is 2.94 bits per heavy atom. The molecule has 1 aliphatic carbocycles. The van der Waals surface area contributed by atoms with Crippen molar-refractivity contribution in [1.82, 2.24) is 5.32 Å². The van der Waals surface area contributed by atoms with Gasteiger partial charge in [0.05, 0.1) is 6.54 Å². The van der Waals surface area contributed by atoms with Crippen LogP contribution >= 0.6 is 11.3 Å². The topological polar surface area (TPSA) is 49.3 Å². The van der Waals surface area contributed by atoms with Gasteiger partial charge in [0, 0.05) is 10.8 Å². The van der Waals surface area contributed by atoms with Gasteiger partial charge < -0.3 is 10.4 Å². The summed E-state index contributed by atoms with van der Waals surface area (Å²) in [7, 11) is 0. The van der Waals surface area contributed by atoms with Crippen LogP contribution in [0.4, 0.5) is 0 Å². The van der Waals surface area contributed by atoms with Crippen LogP contribution in [-0.2, 0) is 10.4 Å². The first-order valence-electron chi connectivity index (χ1n) is 5.64. The average Bonchev–Trinajstić information content (AvgIpc) is 2.65. The largest absolute Gasteiger partial charge is 0.383 e. The van der Waals surface area contributed by atoms with Crippen LogP contribution < -0.4 is 5.32 Å². The van der Waals surface area contributed by atoms with Gasteiger partial charge in [0.15, 0.2) is 0 Å². The average molecular weight is 239 g/mol. The maximum absolute atomic E-state index is 11.6. The number of amides is 1. The van der Waals surface area contributed by atoms with E-state index < -0.39 is 5.60 Å². The van der Waals surface area contributed by atoms with Crippen LogP contribution in [0, 0.1) is 5.92 Å². The lowest BCUT2D eigenvalue weighted by atomic mass is 9.84. The molecule has 3 nitrogen and oxygen atoms in total. The van der Waals surface area contributed by atoms with Gasteiger partial charge in [-0.3, -0.25) is 4.79 Å². The fourth-order valence-corrected chi connectivity index (χ4v) is 2.53. The van der Waals surface area contributed by atoms with E-state index in [1.807, 2.05) is 17.5 Å². The molecule has 0 aromatic carbocycles. The summed E-state index contributed by atoms with van der Waals surface area (Å²) in [4.78, 5) is 12.5. The molecule has 0 saturated heterocycles. The molecule has 1 aromatic rings. The van der Waals surface area contributed by atoms with Gasteiger partial charge in [-0.25, -0.2) is 0 Å². The Labute approximate surface area is 99.5 Å². The van der Waals surface area contributed by atoms with Gasteiger partial charge in [0.25, 0.3) is 0 Å². The third kappa shape index (κ3) is 2.44. The minimum atomic E-state index is -0.951. The van der Waals surface area contributed by atoms with Crippen molar-refractivity contribution in [3.8, 4) is 0 Å². The van der Waals surface area contributed by atoms with E-state index in [4.69, 9.17) is 0 Å². The minimum absolute atomic E-state index is 0.0862. The van der Waals surface area contributed by atoms with Crippen molar-refractivity contribution < 1.29 is 9.90 Å². The van der Waals surface area contributed by atoms with E-state index >= 15 is 0 Å².